The molecule has 6 heteroatoms. The number of guanidine groups is 2. The zero-order valence-electron chi connectivity index (χ0n) is 9.74. The average molecular weight is 223 g/mol. The topological polar surface area (TPSA) is 93.3 Å². The Kier molecular flexibility index (Phi) is 3.55. The summed E-state index contributed by atoms with van der Waals surface area (Å²) < 4.78 is 5.06. The van der Waals surface area contributed by atoms with Crippen molar-refractivity contribution < 1.29 is 4.42 Å². The van der Waals surface area contributed by atoms with Crippen LogP contribution in [0.15, 0.2) is 16.9 Å². The van der Waals surface area contributed by atoms with Gasteiger partial charge >= 0.3 is 0 Å². The molecule has 1 aromatic rings. The second-order valence-corrected chi connectivity index (χ2v) is 3.70. The summed E-state index contributed by atoms with van der Waals surface area (Å²) in [6.45, 7) is 2.50. The molecule has 4 N–H and O–H groups in total. The molecule has 0 saturated heterocycles. The van der Waals surface area contributed by atoms with Crippen LogP contribution in [0.4, 0.5) is 0 Å². The van der Waals surface area contributed by atoms with E-state index in [4.69, 9.17) is 21.0 Å². The molecule has 1 heterocycles. The van der Waals surface area contributed by atoms with Crippen LogP contribution >= 0.6 is 0 Å². The van der Waals surface area contributed by atoms with Crippen molar-refractivity contribution in [3.63, 3.8) is 0 Å². The largest absolute Gasteiger partial charge is 0.472 e. The maximum absolute atomic E-state index is 7.80. The first kappa shape index (κ1) is 12.1. The van der Waals surface area contributed by atoms with Crippen LogP contribution in [-0.2, 0) is 6.54 Å². The van der Waals surface area contributed by atoms with Crippen molar-refractivity contribution in [3.8, 4) is 0 Å². The normalized spacial score (nSPS) is 9.94. The third kappa shape index (κ3) is 2.53. The number of hydrogen-bond acceptors (Lipinski definition) is 3. The summed E-state index contributed by atoms with van der Waals surface area (Å²) in [6.07, 6.45) is 3.33. The molecule has 0 aromatic carbocycles. The van der Waals surface area contributed by atoms with E-state index in [0.29, 0.717) is 6.54 Å². The second-order valence-electron chi connectivity index (χ2n) is 3.70. The van der Waals surface area contributed by atoms with Crippen molar-refractivity contribution in [2.45, 2.75) is 13.5 Å². The Hall–Kier alpha value is -1.98. The van der Waals surface area contributed by atoms with Crippen molar-refractivity contribution in [2.75, 3.05) is 14.1 Å². The van der Waals surface area contributed by atoms with E-state index in [1.54, 1.807) is 31.5 Å². The minimum Gasteiger partial charge on any atom is -0.472 e. The predicted octanol–water partition coefficient (Wildman–Crippen LogP) is 0.780. The Morgan fingerprint density at radius 3 is 2.44 bits per heavy atom. The lowest BCUT2D eigenvalue weighted by Gasteiger charge is -2.26. The average Bonchev–Trinajstić information content (AvgIpc) is 2.62. The molecule has 0 bridgehead atoms. The fourth-order valence-electron chi connectivity index (χ4n) is 1.25. The second kappa shape index (κ2) is 4.69. The number of nitrogens with one attached hydrogen (secondary N) is 2. The molecule has 0 amide bonds. The standard InChI is InChI=1S/C10H17N5O/c1-7-5-16-6-8(7)4-14(2)10(13)15(3)9(11)12/h5-6,13H,4H2,1-3H3,(H3,11,12). The molecule has 88 valence electrons. The van der Waals surface area contributed by atoms with Gasteiger partial charge in [0, 0.05) is 26.2 Å². The highest BCUT2D eigenvalue weighted by Gasteiger charge is 2.13. The van der Waals surface area contributed by atoms with Crippen LogP contribution in [0.5, 0.6) is 0 Å². The molecule has 16 heavy (non-hydrogen) atoms. The van der Waals surface area contributed by atoms with Crippen LogP contribution < -0.4 is 5.73 Å². The maximum atomic E-state index is 7.80. The fraction of sp³-hybridized carbons (Fsp3) is 0.400. The number of nitrogens with zero attached hydrogens (tertiary/aromatic N) is 2. The van der Waals surface area contributed by atoms with Crippen molar-refractivity contribution >= 4 is 11.9 Å². The van der Waals surface area contributed by atoms with Gasteiger partial charge in [0.2, 0.25) is 0 Å². The number of aryl methyl sites for hydroxylation is 1. The van der Waals surface area contributed by atoms with Gasteiger partial charge in [-0.1, -0.05) is 0 Å². The van der Waals surface area contributed by atoms with E-state index >= 15 is 0 Å². The van der Waals surface area contributed by atoms with E-state index in [2.05, 4.69) is 0 Å². The van der Waals surface area contributed by atoms with Crippen molar-refractivity contribution in [3.05, 3.63) is 23.7 Å². The first-order valence-electron chi connectivity index (χ1n) is 4.82. The number of rotatable bonds is 2. The highest BCUT2D eigenvalue weighted by Crippen LogP contribution is 2.11. The number of nitrogens with two attached hydrogens (primary N) is 1. The highest BCUT2D eigenvalue weighted by atomic mass is 16.3. The molecule has 0 saturated carbocycles. The molecule has 0 unspecified atom stereocenters. The number of hydrogen-bond donors (Lipinski definition) is 3. The Morgan fingerprint density at radius 2 is 2.00 bits per heavy atom. The lowest BCUT2D eigenvalue weighted by molar-refractivity contribution is 0.436. The zero-order chi connectivity index (χ0) is 12.3. The molecule has 0 spiro atoms. The van der Waals surface area contributed by atoms with Crippen molar-refractivity contribution in [1.82, 2.24) is 9.80 Å². The minimum absolute atomic E-state index is 0.152. The molecule has 6 nitrogen and oxygen atoms in total. The van der Waals surface area contributed by atoms with Gasteiger partial charge in [0.05, 0.1) is 12.5 Å². The van der Waals surface area contributed by atoms with E-state index in [0.717, 1.165) is 11.1 Å². The van der Waals surface area contributed by atoms with E-state index in [1.165, 1.54) is 4.90 Å². The van der Waals surface area contributed by atoms with Gasteiger partial charge in [0.1, 0.15) is 0 Å². The van der Waals surface area contributed by atoms with Crippen LogP contribution in [0.1, 0.15) is 11.1 Å². The van der Waals surface area contributed by atoms with E-state index < -0.39 is 0 Å². The molecular formula is C10H17N5O. The van der Waals surface area contributed by atoms with Gasteiger partial charge in [0.25, 0.3) is 0 Å². The van der Waals surface area contributed by atoms with Crippen LogP contribution in [0.2, 0.25) is 0 Å². The monoisotopic (exact) mass is 223 g/mol. The zero-order valence-corrected chi connectivity index (χ0v) is 9.74. The van der Waals surface area contributed by atoms with Gasteiger partial charge < -0.3 is 15.1 Å². The van der Waals surface area contributed by atoms with Gasteiger partial charge in [-0.3, -0.25) is 15.7 Å². The first-order chi connectivity index (χ1) is 7.43. The van der Waals surface area contributed by atoms with Crippen LogP contribution in [0.25, 0.3) is 0 Å². The molecule has 0 fully saturated rings. The van der Waals surface area contributed by atoms with Gasteiger partial charge in [0.15, 0.2) is 11.9 Å². The van der Waals surface area contributed by atoms with E-state index in [-0.39, 0.29) is 11.9 Å². The van der Waals surface area contributed by atoms with Crippen molar-refractivity contribution in [1.29, 1.82) is 10.8 Å². The van der Waals surface area contributed by atoms with Gasteiger partial charge in [-0.25, -0.2) is 0 Å². The molecule has 1 rings (SSSR count). The third-order valence-electron chi connectivity index (χ3n) is 2.41. The highest BCUT2D eigenvalue weighted by molar-refractivity contribution is 5.94. The third-order valence-corrected chi connectivity index (χ3v) is 2.41. The van der Waals surface area contributed by atoms with Gasteiger partial charge in [-0.15, -0.1) is 0 Å². The molecular weight excluding hydrogens is 206 g/mol. The van der Waals surface area contributed by atoms with Crippen LogP contribution in [-0.4, -0.2) is 35.8 Å². The van der Waals surface area contributed by atoms with E-state index in [9.17, 15) is 0 Å². The maximum Gasteiger partial charge on any atom is 0.200 e. The SMILES string of the molecule is Cc1cocc1CN(C)C(=N)N(C)C(=N)N. The Labute approximate surface area is 94.6 Å². The molecule has 0 atom stereocenters. The lowest BCUT2D eigenvalue weighted by Crippen LogP contribution is -2.45. The quantitative estimate of drug-likeness (QED) is 0.510. The molecule has 0 aliphatic rings. The molecule has 0 aliphatic carbocycles. The minimum atomic E-state index is -0.152. The van der Waals surface area contributed by atoms with Crippen LogP contribution in [0, 0.1) is 17.7 Å². The summed E-state index contributed by atoms with van der Waals surface area (Å²) in [6, 6.07) is 0. The Bertz CT molecular complexity index is 398. The molecule has 1 aromatic heterocycles. The lowest BCUT2D eigenvalue weighted by atomic mass is 10.2. The Balaban J connectivity index is 2.66. The molecule has 0 radical (unpaired) electrons. The summed E-state index contributed by atoms with van der Waals surface area (Å²) in [7, 11) is 3.36. The first-order valence-corrected chi connectivity index (χ1v) is 4.82. The van der Waals surface area contributed by atoms with Crippen LogP contribution in [0.3, 0.4) is 0 Å². The fourth-order valence-corrected chi connectivity index (χ4v) is 1.25. The smallest absolute Gasteiger partial charge is 0.200 e. The summed E-state index contributed by atoms with van der Waals surface area (Å²) in [5.74, 6) is 0.0221. The summed E-state index contributed by atoms with van der Waals surface area (Å²) >= 11 is 0. The van der Waals surface area contributed by atoms with E-state index in [1.807, 2.05) is 6.92 Å². The summed E-state index contributed by atoms with van der Waals surface area (Å²) in [5, 5.41) is 15.0. The van der Waals surface area contributed by atoms with Crippen molar-refractivity contribution in [2.24, 2.45) is 5.73 Å². The summed E-state index contributed by atoms with van der Waals surface area (Å²) in [4.78, 5) is 2.99. The van der Waals surface area contributed by atoms with Gasteiger partial charge in [-0.05, 0) is 12.5 Å². The number of furan rings is 1. The molecule has 0 aliphatic heterocycles. The Morgan fingerprint density at radius 1 is 1.38 bits per heavy atom. The van der Waals surface area contributed by atoms with Gasteiger partial charge in [-0.2, -0.15) is 0 Å². The predicted molar refractivity (Wildman–Crippen MR) is 62.3 cm³/mol. The summed E-state index contributed by atoms with van der Waals surface area (Å²) in [5.41, 5.74) is 7.37.